The third-order valence-electron chi connectivity index (χ3n) is 12.2. The zero-order valence-corrected chi connectivity index (χ0v) is 34.8. The Kier molecular flexibility index (Phi) is 8.48. The predicted octanol–water partition coefficient (Wildman–Crippen LogP) is 9.14. The van der Waals surface area contributed by atoms with Crippen LogP contribution in [-0.2, 0) is 0 Å². The fraction of sp³-hybridized carbons (Fsp3) is 0.0588. The fourth-order valence-electron chi connectivity index (χ4n) is 9.14. The minimum absolute atomic E-state index is 0.959. The summed E-state index contributed by atoms with van der Waals surface area (Å²) in [6.45, 7) is 2.53. The Bertz CT molecular complexity index is 3070. The van der Waals surface area contributed by atoms with E-state index in [0.29, 0.717) is 0 Å². The first-order valence-corrected chi connectivity index (χ1v) is 23.7. The van der Waals surface area contributed by atoms with Gasteiger partial charge in [0.05, 0.1) is 0 Å². The van der Waals surface area contributed by atoms with Gasteiger partial charge < -0.3 is 0 Å². The number of rotatable bonds is 2. The number of hydrogen-bond acceptors (Lipinski definition) is 6. The summed E-state index contributed by atoms with van der Waals surface area (Å²) in [6, 6.07) is 58.1. The van der Waals surface area contributed by atoms with Crippen molar-refractivity contribution in [3.63, 3.8) is 0 Å². The van der Waals surface area contributed by atoms with E-state index in [2.05, 4.69) is 164 Å². The van der Waals surface area contributed by atoms with Crippen LogP contribution in [0.15, 0.2) is 183 Å². The molecule has 6 aromatic carbocycles. The summed E-state index contributed by atoms with van der Waals surface area (Å²) in [6.07, 6.45) is 7.59. The number of benzene rings is 6. The van der Waals surface area contributed by atoms with Gasteiger partial charge in [-0.2, -0.15) is 0 Å². The molecule has 10 aromatic rings. The van der Waals surface area contributed by atoms with E-state index in [9.17, 15) is 0 Å². The van der Waals surface area contributed by atoms with Gasteiger partial charge in [0.25, 0.3) is 0 Å². The molecule has 0 saturated carbocycles. The quantitative estimate of drug-likeness (QED) is 0.163. The number of aromatic nitrogens is 4. The molecule has 0 amide bonds. The molecule has 0 bridgehead atoms. The van der Waals surface area contributed by atoms with E-state index in [1.165, 1.54) is 31.8 Å². The van der Waals surface area contributed by atoms with Gasteiger partial charge in [0.1, 0.15) is 0 Å². The molecule has 1 aliphatic heterocycles. The average molecular weight is 799 g/mol. The second kappa shape index (κ2) is 14.1. The molecule has 0 spiro atoms. The molecule has 6 nitrogen and oxygen atoms in total. The molecule has 284 valence electrons. The van der Waals surface area contributed by atoms with Crippen LogP contribution < -0.4 is 41.6 Å². The molecule has 1 aliphatic rings. The van der Waals surface area contributed by atoms with Gasteiger partial charge in [-0.25, -0.2) is 0 Å². The van der Waals surface area contributed by atoms with Crippen molar-refractivity contribution in [3.8, 4) is 0 Å². The molecule has 0 saturated heterocycles. The van der Waals surface area contributed by atoms with Crippen LogP contribution in [0.3, 0.4) is 0 Å². The van der Waals surface area contributed by atoms with E-state index in [1.807, 2.05) is 49.1 Å². The molecular formula is C51H40N6P2. The van der Waals surface area contributed by atoms with Crippen LogP contribution in [0.1, 0.15) is 0 Å². The molecule has 0 unspecified atom stereocenters. The van der Waals surface area contributed by atoms with E-state index in [4.69, 9.17) is 19.9 Å². The molecule has 0 radical (unpaired) electrons. The Labute approximate surface area is 345 Å². The molecule has 11 rings (SSSR count). The SMILES string of the molecule is CN1c2cc3ncccc3cc2P(c2ccccc2)c2cc3cccnc3cc2N(C)c2cc3ncccc3cc2[PH](C)(c2ccccc2)c2cc3cccnc3cc21. The van der Waals surface area contributed by atoms with E-state index >= 15 is 0 Å². The van der Waals surface area contributed by atoms with Crippen LogP contribution in [0.4, 0.5) is 22.7 Å². The Morgan fingerprint density at radius 3 is 1.20 bits per heavy atom. The van der Waals surface area contributed by atoms with Gasteiger partial charge in [0.15, 0.2) is 0 Å². The first-order chi connectivity index (χ1) is 29.0. The molecule has 59 heavy (non-hydrogen) atoms. The number of fused-ring (bicyclic) bond motifs is 8. The second-order valence-corrected chi connectivity index (χ2v) is 21.5. The monoisotopic (exact) mass is 798 g/mol. The Hall–Kier alpha value is -6.58. The maximum atomic E-state index is 4.96. The fourth-order valence-corrected chi connectivity index (χ4v) is 16.0. The van der Waals surface area contributed by atoms with Gasteiger partial charge in [0, 0.05) is 0 Å². The molecule has 8 heteroatoms. The number of anilines is 4. The second-order valence-electron chi connectivity index (χ2n) is 15.5. The van der Waals surface area contributed by atoms with Crippen LogP contribution in [0, 0.1) is 0 Å². The number of hydrogen-bond donors (Lipinski definition) is 0. The molecule has 0 atom stereocenters. The van der Waals surface area contributed by atoms with Crippen molar-refractivity contribution in [3.05, 3.63) is 183 Å². The zero-order valence-electron chi connectivity index (χ0n) is 33.0. The predicted molar refractivity (Wildman–Crippen MR) is 255 cm³/mol. The van der Waals surface area contributed by atoms with Crippen molar-refractivity contribution >= 4 is 113 Å². The van der Waals surface area contributed by atoms with Crippen molar-refractivity contribution in [1.82, 2.24) is 19.9 Å². The zero-order chi connectivity index (χ0) is 39.7. The standard InChI is InChI=1S/C51H40N6P2/c1-56-44-30-40-34(14-10-22-52-40)26-48(44)58(38-18-6-4-7-19-38)49-27-35-15-11-23-53-41(35)31-45(49)57(2)47-33-43-37(17-13-25-55-43)29-51(47)59(3,39-20-8-5-9-21-39)50-28-36-16-12-24-54-42(36)32-46(50)56/h4-33,59H,1-3H3. The van der Waals surface area contributed by atoms with Crippen LogP contribution in [0.2, 0.25) is 0 Å². The van der Waals surface area contributed by atoms with Crippen molar-refractivity contribution < 1.29 is 0 Å². The minimum atomic E-state index is -2.94. The van der Waals surface area contributed by atoms with Crippen LogP contribution in [0.5, 0.6) is 0 Å². The van der Waals surface area contributed by atoms with Crippen molar-refractivity contribution in [1.29, 1.82) is 0 Å². The van der Waals surface area contributed by atoms with Crippen molar-refractivity contribution in [2.45, 2.75) is 0 Å². The third-order valence-corrected chi connectivity index (χ3v) is 19.1. The first kappa shape index (κ1) is 35.6. The Morgan fingerprint density at radius 1 is 0.407 bits per heavy atom. The van der Waals surface area contributed by atoms with Gasteiger partial charge in [-0.15, -0.1) is 0 Å². The van der Waals surface area contributed by atoms with Gasteiger partial charge >= 0.3 is 346 Å². The number of pyridine rings is 4. The topological polar surface area (TPSA) is 58.0 Å². The first-order valence-electron chi connectivity index (χ1n) is 19.9. The van der Waals surface area contributed by atoms with E-state index in [0.717, 1.165) is 66.4 Å². The van der Waals surface area contributed by atoms with E-state index in [1.54, 1.807) is 0 Å². The summed E-state index contributed by atoms with van der Waals surface area (Å²) in [4.78, 5) is 24.7. The summed E-state index contributed by atoms with van der Waals surface area (Å²) in [5.41, 5.74) is 8.36. The van der Waals surface area contributed by atoms with E-state index in [-0.39, 0.29) is 0 Å². The maximum absolute atomic E-state index is 4.96. The molecule has 0 aliphatic carbocycles. The molecule has 0 N–H and O–H groups in total. The molecule has 0 fully saturated rings. The van der Waals surface area contributed by atoms with Crippen LogP contribution in [-0.4, -0.2) is 40.7 Å². The summed E-state index contributed by atoms with van der Waals surface area (Å²) < 4.78 is 0. The van der Waals surface area contributed by atoms with Gasteiger partial charge in [-0.05, 0) is 0 Å². The molecular weight excluding hydrogens is 759 g/mol. The van der Waals surface area contributed by atoms with E-state index < -0.39 is 15.2 Å². The van der Waals surface area contributed by atoms with Gasteiger partial charge in [-0.1, -0.05) is 0 Å². The van der Waals surface area contributed by atoms with Crippen LogP contribution >= 0.6 is 15.2 Å². The summed E-state index contributed by atoms with van der Waals surface area (Å²) >= 11 is 0. The Balaban J connectivity index is 1.37. The van der Waals surface area contributed by atoms with Crippen LogP contribution in [0.25, 0.3) is 43.6 Å². The number of nitrogens with zero attached hydrogens (tertiary/aromatic N) is 6. The van der Waals surface area contributed by atoms with Gasteiger partial charge in [0.2, 0.25) is 0 Å². The van der Waals surface area contributed by atoms with Gasteiger partial charge in [-0.3, -0.25) is 0 Å². The molecule has 5 heterocycles. The summed E-state index contributed by atoms with van der Waals surface area (Å²) in [5.74, 6) is 0. The Morgan fingerprint density at radius 2 is 0.780 bits per heavy atom. The summed E-state index contributed by atoms with van der Waals surface area (Å²) in [7, 11) is 0.379. The molecule has 4 aromatic heterocycles. The van der Waals surface area contributed by atoms with Crippen molar-refractivity contribution in [2.75, 3.05) is 30.6 Å². The third kappa shape index (κ3) is 5.78. The average Bonchev–Trinajstić information content (AvgIpc) is 3.30. The normalized spacial score (nSPS) is 15.5. The summed E-state index contributed by atoms with van der Waals surface area (Å²) in [5, 5.41) is 12.2. The van der Waals surface area contributed by atoms with Crippen molar-refractivity contribution in [2.24, 2.45) is 0 Å².